The van der Waals surface area contributed by atoms with Gasteiger partial charge in [0.05, 0.1) is 11.9 Å². The van der Waals surface area contributed by atoms with Crippen LogP contribution in [0, 0.1) is 6.92 Å². The summed E-state index contributed by atoms with van der Waals surface area (Å²) in [7, 11) is -3.77. The van der Waals surface area contributed by atoms with E-state index in [4.69, 9.17) is 0 Å². The molecule has 2 rings (SSSR count). The molecule has 10 heteroatoms. The van der Waals surface area contributed by atoms with Crippen molar-refractivity contribution in [3.8, 4) is 0 Å². The Morgan fingerprint density at radius 2 is 1.74 bits per heavy atom. The molecular weight excluding hydrogens is 586 g/mol. The van der Waals surface area contributed by atoms with Gasteiger partial charge in [0.2, 0.25) is 21.8 Å². The number of amides is 2. The molecule has 2 aromatic carbocycles. The van der Waals surface area contributed by atoms with Crippen LogP contribution in [0.1, 0.15) is 38.8 Å². The molecule has 0 aliphatic carbocycles. The van der Waals surface area contributed by atoms with Crippen molar-refractivity contribution in [2.75, 3.05) is 17.1 Å². The molecule has 34 heavy (non-hydrogen) atoms. The summed E-state index contributed by atoms with van der Waals surface area (Å²) in [6, 6.07) is 11.7. The molecule has 0 saturated carbocycles. The van der Waals surface area contributed by atoms with Crippen LogP contribution in [0.15, 0.2) is 51.4 Å². The van der Waals surface area contributed by atoms with Gasteiger partial charge >= 0.3 is 0 Å². The highest BCUT2D eigenvalue weighted by Gasteiger charge is 2.31. The second-order valence-corrected chi connectivity index (χ2v) is 12.9. The first-order valence-corrected chi connectivity index (χ1v) is 14.1. The highest BCUT2D eigenvalue weighted by Crippen LogP contribution is 2.25. The van der Waals surface area contributed by atoms with Gasteiger partial charge < -0.3 is 10.2 Å². The van der Waals surface area contributed by atoms with Crippen molar-refractivity contribution in [2.45, 2.75) is 52.7 Å². The topological polar surface area (TPSA) is 86.8 Å². The van der Waals surface area contributed by atoms with E-state index >= 15 is 0 Å². The van der Waals surface area contributed by atoms with E-state index in [0.29, 0.717) is 5.69 Å². The van der Waals surface area contributed by atoms with E-state index in [1.54, 1.807) is 25.1 Å². The quantitative estimate of drug-likeness (QED) is 0.469. The molecule has 0 bridgehead atoms. The number of halogens is 2. The molecule has 0 radical (unpaired) electrons. The van der Waals surface area contributed by atoms with E-state index < -0.39 is 34.1 Å². The Hall–Kier alpha value is -1.91. The average Bonchev–Trinajstić information content (AvgIpc) is 2.69. The molecule has 0 aromatic heterocycles. The zero-order valence-electron chi connectivity index (χ0n) is 20.2. The maximum atomic E-state index is 13.5. The number of carbonyl (C=O) groups excluding carboxylic acids is 2. The fourth-order valence-corrected chi connectivity index (χ4v) is 4.82. The predicted octanol–water partition coefficient (Wildman–Crippen LogP) is 4.62. The fourth-order valence-electron chi connectivity index (χ4n) is 3.29. The minimum Gasteiger partial charge on any atom is -0.350 e. The third-order valence-corrected chi connectivity index (χ3v) is 7.54. The third kappa shape index (κ3) is 8.09. The maximum Gasteiger partial charge on any atom is 0.244 e. The van der Waals surface area contributed by atoms with Crippen LogP contribution in [0.25, 0.3) is 0 Å². The Bertz CT molecular complexity index is 1160. The van der Waals surface area contributed by atoms with Gasteiger partial charge in [-0.2, -0.15) is 0 Å². The number of carbonyl (C=O) groups is 2. The first kappa shape index (κ1) is 28.3. The van der Waals surface area contributed by atoms with Crippen LogP contribution in [0.2, 0.25) is 0 Å². The van der Waals surface area contributed by atoms with Crippen LogP contribution >= 0.6 is 31.9 Å². The standard InChI is InChI=1S/C24H31Br2N3O4S/c1-16-12-20(10-11-21(16)26)29(34(6,32)33)15-22(30)28(14-18-8-7-9-19(25)13-18)17(2)23(31)27-24(3,4)5/h7-13,17H,14-15H2,1-6H3,(H,27,31). The molecule has 7 nitrogen and oxygen atoms in total. The summed E-state index contributed by atoms with van der Waals surface area (Å²) in [5.74, 6) is -0.802. The molecule has 0 fully saturated rings. The van der Waals surface area contributed by atoms with Crippen molar-refractivity contribution >= 4 is 59.4 Å². The zero-order chi connectivity index (χ0) is 25.8. The Morgan fingerprint density at radius 3 is 2.26 bits per heavy atom. The van der Waals surface area contributed by atoms with Gasteiger partial charge in [-0.15, -0.1) is 0 Å². The molecule has 1 unspecified atom stereocenters. The highest BCUT2D eigenvalue weighted by atomic mass is 79.9. The molecule has 186 valence electrons. The van der Waals surface area contributed by atoms with Crippen molar-refractivity contribution < 1.29 is 18.0 Å². The van der Waals surface area contributed by atoms with Crippen molar-refractivity contribution in [1.29, 1.82) is 0 Å². The molecule has 0 aliphatic rings. The van der Waals surface area contributed by atoms with Gasteiger partial charge in [0.15, 0.2) is 0 Å². The monoisotopic (exact) mass is 615 g/mol. The number of anilines is 1. The van der Waals surface area contributed by atoms with Crippen LogP contribution < -0.4 is 9.62 Å². The number of benzene rings is 2. The Morgan fingerprint density at radius 1 is 1.09 bits per heavy atom. The summed E-state index contributed by atoms with van der Waals surface area (Å²) in [5.41, 5.74) is 1.54. The summed E-state index contributed by atoms with van der Waals surface area (Å²) in [5, 5.41) is 2.90. The van der Waals surface area contributed by atoms with Gasteiger partial charge in [-0.3, -0.25) is 13.9 Å². The van der Waals surface area contributed by atoms with E-state index in [1.165, 1.54) is 4.90 Å². The number of hydrogen-bond donors (Lipinski definition) is 1. The molecule has 0 heterocycles. The lowest BCUT2D eigenvalue weighted by Crippen LogP contribution is -2.54. The summed E-state index contributed by atoms with van der Waals surface area (Å²) < 4.78 is 28.0. The number of nitrogens with one attached hydrogen (secondary N) is 1. The first-order valence-electron chi connectivity index (χ1n) is 10.7. The molecule has 1 N–H and O–H groups in total. The number of sulfonamides is 1. The average molecular weight is 617 g/mol. The summed E-state index contributed by atoms with van der Waals surface area (Å²) in [6.45, 7) is 8.78. The number of nitrogens with zero attached hydrogens (tertiary/aromatic N) is 2. The van der Waals surface area contributed by atoms with Gasteiger partial charge in [0.1, 0.15) is 12.6 Å². The number of aryl methyl sites for hydroxylation is 1. The Labute approximate surface area is 219 Å². The third-order valence-electron chi connectivity index (χ3n) is 5.02. The SMILES string of the molecule is Cc1cc(N(CC(=O)N(Cc2cccc(Br)c2)C(C)C(=O)NC(C)(C)C)S(C)(=O)=O)ccc1Br. The van der Waals surface area contributed by atoms with Crippen molar-refractivity contribution in [1.82, 2.24) is 10.2 Å². The van der Waals surface area contributed by atoms with Gasteiger partial charge in [-0.05, 0) is 76.1 Å². The van der Waals surface area contributed by atoms with Gasteiger partial charge in [0, 0.05) is 21.0 Å². The van der Waals surface area contributed by atoms with E-state index in [-0.39, 0.29) is 12.5 Å². The number of rotatable bonds is 8. The van der Waals surface area contributed by atoms with Crippen LogP contribution in [0.3, 0.4) is 0 Å². The molecule has 1 atom stereocenters. The lowest BCUT2D eigenvalue weighted by molar-refractivity contribution is -0.140. The lowest BCUT2D eigenvalue weighted by Gasteiger charge is -2.33. The molecule has 2 aromatic rings. The maximum absolute atomic E-state index is 13.5. The van der Waals surface area contributed by atoms with E-state index in [0.717, 1.165) is 30.6 Å². The van der Waals surface area contributed by atoms with Gasteiger partial charge in [-0.25, -0.2) is 8.42 Å². The molecule has 0 saturated heterocycles. The largest absolute Gasteiger partial charge is 0.350 e. The van der Waals surface area contributed by atoms with Crippen molar-refractivity contribution in [2.24, 2.45) is 0 Å². The lowest BCUT2D eigenvalue weighted by atomic mass is 10.1. The molecular formula is C24H31Br2N3O4S. The summed E-state index contributed by atoms with van der Waals surface area (Å²) in [4.78, 5) is 27.9. The zero-order valence-corrected chi connectivity index (χ0v) is 24.2. The molecule has 0 spiro atoms. The van der Waals surface area contributed by atoms with Crippen LogP contribution in [0.4, 0.5) is 5.69 Å². The van der Waals surface area contributed by atoms with E-state index in [9.17, 15) is 18.0 Å². The van der Waals surface area contributed by atoms with Crippen molar-refractivity contribution in [3.05, 3.63) is 62.5 Å². The summed E-state index contributed by atoms with van der Waals surface area (Å²) >= 11 is 6.84. The predicted molar refractivity (Wildman–Crippen MR) is 143 cm³/mol. The van der Waals surface area contributed by atoms with Crippen LogP contribution in [-0.2, 0) is 26.2 Å². The smallest absolute Gasteiger partial charge is 0.244 e. The molecule has 0 aliphatic heterocycles. The van der Waals surface area contributed by atoms with Crippen LogP contribution in [0.5, 0.6) is 0 Å². The Balaban J connectivity index is 2.43. The van der Waals surface area contributed by atoms with E-state index in [2.05, 4.69) is 37.2 Å². The normalized spacial score (nSPS) is 12.7. The second kappa shape index (κ2) is 11.2. The molecule has 2 amide bonds. The minimum atomic E-state index is -3.77. The summed E-state index contributed by atoms with van der Waals surface area (Å²) in [6.07, 6.45) is 1.06. The van der Waals surface area contributed by atoms with E-state index in [1.807, 2.05) is 52.0 Å². The highest BCUT2D eigenvalue weighted by molar-refractivity contribution is 9.10. The van der Waals surface area contributed by atoms with Crippen molar-refractivity contribution in [3.63, 3.8) is 0 Å². The fraction of sp³-hybridized carbons (Fsp3) is 0.417. The first-order chi connectivity index (χ1) is 15.6. The van der Waals surface area contributed by atoms with Gasteiger partial charge in [0.25, 0.3) is 0 Å². The van der Waals surface area contributed by atoms with Crippen LogP contribution in [-0.4, -0.2) is 49.5 Å². The second-order valence-electron chi connectivity index (χ2n) is 9.27. The minimum absolute atomic E-state index is 0.147. The van der Waals surface area contributed by atoms with Gasteiger partial charge in [-0.1, -0.05) is 44.0 Å². The Kier molecular flexibility index (Phi) is 9.35. The number of hydrogen-bond acceptors (Lipinski definition) is 4.